The van der Waals surface area contributed by atoms with Gasteiger partial charge in [-0.25, -0.2) is 0 Å². The van der Waals surface area contributed by atoms with E-state index in [9.17, 15) is 30.1 Å². The third-order valence-corrected chi connectivity index (χ3v) is 3.74. The Morgan fingerprint density at radius 2 is 1.48 bits per heavy atom. The summed E-state index contributed by atoms with van der Waals surface area (Å²) in [6.07, 6.45) is 9.68. The molecule has 0 fully saturated rings. The van der Waals surface area contributed by atoms with Crippen LogP contribution < -0.4 is 10.4 Å². The van der Waals surface area contributed by atoms with Crippen LogP contribution in [0.3, 0.4) is 0 Å². The molecule has 0 aliphatic rings. The monoisotopic (exact) mass is 382 g/mol. The van der Waals surface area contributed by atoms with Gasteiger partial charge in [0.25, 0.3) is 0 Å². The second-order valence-electron chi connectivity index (χ2n) is 6.02. The lowest BCUT2D eigenvalue weighted by Gasteiger charge is -2.02. The molecule has 0 radical (unpaired) electrons. The number of carbonyl (C=O) groups excluding carboxylic acids is 1. The largest absolute Gasteiger partial charge is 0.545 e. The molecule has 0 heterocycles. The van der Waals surface area contributed by atoms with Crippen molar-refractivity contribution in [2.45, 2.75) is 58.8 Å². The van der Waals surface area contributed by atoms with Gasteiger partial charge in [-0.1, -0.05) is 46.0 Å². The lowest BCUT2D eigenvalue weighted by molar-refractivity contribution is -0.422. The minimum atomic E-state index is -1.63. The van der Waals surface area contributed by atoms with Crippen LogP contribution >= 0.6 is 0 Å². The fourth-order valence-electron chi connectivity index (χ4n) is 2.28. The van der Waals surface area contributed by atoms with Gasteiger partial charge in [0.2, 0.25) is 0 Å². The number of unbranched alkanes of at least 4 members (excludes halogenated alkanes) is 5. The highest BCUT2D eigenvalue weighted by atomic mass is 16.6. The van der Waals surface area contributed by atoms with Crippen molar-refractivity contribution in [1.82, 2.24) is 5.32 Å². The van der Waals surface area contributed by atoms with E-state index in [0.29, 0.717) is 6.07 Å². The Morgan fingerprint density at radius 3 is 2.00 bits per heavy atom. The molecule has 1 aromatic rings. The van der Waals surface area contributed by atoms with E-state index in [1.165, 1.54) is 58.0 Å². The Morgan fingerprint density at radius 1 is 0.889 bits per heavy atom. The molecule has 0 saturated carbocycles. The predicted molar refractivity (Wildman–Crippen MR) is 101 cm³/mol. The SMILES string of the molecule is CCCCCCCCNCCC.O=C([O-])c1ccc([N+](=O)[O-])c([N+](=O)[O-])c1. The smallest absolute Gasteiger partial charge is 0.346 e. The molecule has 0 atom stereocenters. The molecular weight excluding hydrogens is 354 g/mol. The number of hydrogen-bond acceptors (Lipinski definition) is 7. The van der Waals surface area contributed by atoms with Gasteiger partial charge in [-0.15, -0.1) is 0 Å². The molecule has 9 nitrogen and oxygen atoms in total. The first-order chi connectivity index (χ1) is 12.8. The minimum Gasteiger partial charge on any atom is -0.545 e. The molecule has 1 rings (SSSR count). The molecule has 0 aliphatic carbocycles. The van der Waals surface area contributed by atoms with E-state index in [0.717, 1.165) is 12.1 Å². The molecule has 0 spiro atoms. The number of nitrogens with one attached hydrogen (secondary N) is 1. The van der Waals surface area contributed by atoms with E-state index in [4.69, 9.17) is 0 Å². The highest BCUT2D eigenvalue weighted by Crippen LogP contribution is 2.27. The van der Waals surface area contributed by atoms with Crippen molar-refractivity contribution in [3.8, 4) is 0 Å². The number of carboxylic acid groups (broad SMARTS) is 1. The molecule has 152 valence electrons. The van der Waals surface area contributed by atoms with Crippen molar-refractivity contribution in [2.24, 2.45) is 0 Å². The summed E-state index contributed by atoms with van der Waals surface area (Å²) in [6, 6.07) is 2.22. The molecule has 0 amide bonds. The van der Waals surface area contributed by atoms with Crippen molar-refractivity contribution >= 4 is 17.3 Å². The summed E-state index contributed by atoms with van der Waals surface area (Å²) in [4.78, 5) is 29.1. The third-order valence-electron chi connectivity index (χ3n) is 3.74. The van der Waals surface area contributed by atoms with Crippen molar-refractivity contribution in [3.05, 3.63) is 44.0 Å². The van der Waals surface area contributed by atoms with Crippen LogP contribution in [0.5, 0.6) is 0 Å². The van der Waals surface area contributed by atoms with Crippen LogP contribution in [0.15, 0.2) is 18.2 Å². The maximum absolute atomic E-state index is 10.4. The van der Waals surface area contributed by atoms with Gasteiger partial charge in [0.05, 0.1) is 15.8 Å². The number of nitro groups is 2. The number of nitro benzene ring substituents is 2. The minimum absolute atomic E-state index is 0.479. The average Bonchev–Trinajstić information content (AvgIpc) is 2.63. The average molecular weight is 382 g/mol. The lowest BCUT2D eigenvalue weighted by Crippen LogP contribution is -2.22. The van der Waals surface area contributed by atoms with Crippen molar-refractivity contribution in [2.75, 3.05) is 13.1 Å². The Balaban J connectivity index is 0.000000516. The first kappa shape index (κ1) is 24.5. The van der Waals surface area contributed by atoms with E-state index in [2.05, 4.69) is 19.2 Å². The van der Waals surface area contributed by atoms with E-state index in [1.807, 2.05) is 0 Å². The number of hydrogen-bond donors (Lipinski definition) is 1. The summed E-state index contributed by atoms with van der Waals surface area (Å²) in [5.41, 5.74) is -2.11. The van der Waals surface area contributed by atoms with Crippen LogP contribution in [0.25, 0.3) is 0 Å². The molecule has 0 saturated heterocycles. The Hall–Kier alpha value is -2.55. The van der Waals surface area contributed by atoms with Gasteiger partial charge in [-0.3, -0.25) is 20.2 Å². The topological polar surface area (TPSA) is 138 Å². The Bertz CT molecular complexity index is 597. The normalized spacial score (nSPS) is 10.0. The van der Waals surface area contributed by atoms with Crippen LogP contribution in [0, 0.1) is 20.2 Å². The molecule has 1 N–H and O–H groups in total. The zero-order valence-electron chi connectivity index (χ0n) is 15.9. The fourth-order valence-corrected chi connectivity index (χ4v) is 2.28. The van der Waals surface area contributed by atoms with Crippen LogP contribution in [0.2, 0.25) is 0 Å². The highest BCUT2D eigenvalue weighted by molar-refractivity contribution is 5.87. The van der Waals surface area contributed by atoms with Gasteiger partial charge in [0.1, 0.15) is 0 Å². The quantitative estimate of drug-likeness (QED) is 0.332. The van der Waals surface area contributed by atoms with Crippen LogP contribution in [-0.4, -0.2) is 28.9 Å². The molecule has 1 aromatic carbocycles. The molecule has 9 heteroatoms. The standard InChI is InChI=1S/C11H25N.C7H4N2O6/c1-3-5-6-7-8-9-11-12-10-4-2;10-7(11)4-1-2-5(8(12)13)6(3-4)9(14)15/h12H,3-11H2,1-2H3;1-3H,(H,10,11)/p-1. The summed E-state index contributed by atoms with van der Waals surface area (Å²) in [5, 5.41) is 34.5. The summed E-state index contributed by atoms with van der Waals surface area (Å²) in [5.74, 6) is -1.63. The summed E-state index contributed by atoms with van der Waals surface area (Å²) >= 11 is 0. The number of carboxylic acids is 1. The van der Waals surface area contributed by atoms with E-state index in [1.54, 1.807) is 0 Å². The molecule has 0 bridgehead atoms. The zero-order valence-corrected chi connectivity index (χ0v) is 15.9. The molecule has 0 aliphatic heterocycles. The van der Waals surface area contributed by atoms with Crippen molar-refractivity contribution in [1.29, 1.82) is 0 Å². The van der Waals surface area contributed by atoms with Gasteiger partial charge in [0, 0.05) is 17.7 Å². The number of rotatable bonds is 12. The fraction of sp³-hybridized carbons (Fsp3) is 0.611. The molecule has 27 heavy (non-hydrogen) atoms. The predicted octanol–water partition coefficient (Wildman–Crippen LogP) is 3.21. The van der Waals surface area contributed by atoms with Crippen LogP contribution in [0.1, 0.15) is 69.2 Å². The maximum atomic E-state index is 10.4. The number of carbonyl (C=O) groups is 1. The second kappa shape index (κ2) is 14.6. The Labute approximate surface area is 159 Å². The summed E-state index contributed by atoms with van der Waals surface area (Å²) in [6.45, 7) is 6.89. The second-order valence-corrected chi connectivity index (χ2v) is 6.02. The molecule has 0 unspecified atom stereocenters. The molecular formula is C18H28N3O6-. The van der Waals surface area contributed by atoms with Crippen LogP contribution in [-0.2, 0) is 0 Å². The van der Waals surface area contributed by atoms with E-state index >= 15 is 0 Å². The van der Waals surface area contributed by atoms with Gasteiger partial charge in [-0.05, 0) is 32.0 Å². The van der Waals surface area contributed by atoms with Crippen LogP contribution in [0.4, 0.5) is 11.4 Å². The summed E-state index contributed by atoms with van der Waals surface area (Å²) < 4.78 is 0. The lowest BCUT2D eigenvalue weighted by atomic mass is 10.1. The Kier molecular flexibility index (Phi) is 13.2. The van der Waals surface area contributed by atoms with Gasteiger partial charge in [-0.2, -0.15) is 0 Å². The first-order valence-corrected chi connectivity index (χ1v) is 9.20. The van der Waals surface area contributed by atoms with Crippen molar-refractivity contribution < 1.29 is 19.7 Å². The highest BCUT2D eigenvalue weighted by Gasteiger charge is 2.24. The third kappa shape index (κ3) is 10.9. The molecule has 0 aromatic heterocycles. The van der Waals surface area contributed by atoms with Gasteiger partial charge >= 0.3 is 11.4 Å². The number of aromatic carboxylic acids is 1. The number of nitrogens with zero attached hydrogens (tertiary/aromatic N) is 2. The number of benzene rings is 1. The summed E-state index contributed by atoms with van der Waals surface area (Å²) in [7, 11) is 0. The first-order valence-electron chi connectivity index (χ1n) is 9.20. The maximum Gasteiger partial charge on any atom is 0.346 e. The van der Waals surface area contributed by atoms with E-state index < -0.39 is 32.8 Å². The van der Waals surface area contributed by atoms with Gasteiger partial charge in [0.15, 0.2) is 0 Å². The van der Waals surface area contributed by atoms with Crippen molar-refractivity contribution in [3.63, 3.8) is 0 Å². The van der Waals surface area contributed by atoms with E-state index in [-0.39, 0.29) is 0 Å². The zero-order chi connectivity index (χ0) is 20.7. The van der Waals surface area contributed by atoms with Gasteiger partial charge < -0.3 is 15.2 Å².